The maximum Gasteiger partial charge on any atom is 0.357 e. The average molecular weight is 455 g/mol. The van der Waals surface area contributed by atoms with Gasteiger partial charge in [-0.05, 0) is 48.2 Å². The number of carbonyl (C=O) groups is 1. The predicted octanol–water partition coefficient (Wildman–Crippen LogP) is 6.57. The number of hydrogen-bond donors (Lipinski definition) is 1. The molecular formula is C17H12Cl2F4N2O2S. The van der Waals surface area contributed by atoms with Gasteiger partial charge in [-0.3, -0.25) is 0 Å². The van der Waals surface area contributed by atoms with E-state index in [1.807, 2.05) is 0 Å². The van der Waals surface area contributed by atoms with E-state index in [2.05, 4.69) is 10.3 Å². The van der Waals surface area contributed by atoms with Crippen molar-refractivity contribution in [2.24, 2.45) is 4.99 Å². The number of rotatable bonds is 5. The van der Waals surface area contributed by atoms with E-state index in [4.69, 9.17) is 27.9 Å². The van der Waals surface area contributed by atoms with Gasteiger partial charge in [-0.25, -0.2) is 13.6 Å². The van der Waals surface area contributed by atoms with Crippen LogP contribution in [0.4, 0.5) is 28.0 Å². The van der Waals surface area contributed by atoms with E-state index in [1.165, 1.54) is 31.4 Å². The molecule has 2 rings (SSSR count). The summed E-state index contributed by atoms with van der Waals surface area (Å²) in [7, 11) is 1.28. The molecule has 150 valence electrons. The molecule has 4 nitrogen and oxygen atoms in total. The highest BCUT2D eigenvalue weighted by atomic mass is 35.5. The molecule has 2 aromatic rings. The number of hydrogen-bond acceptors (Lipinski definition) is 3. The molecule has 0 aliphatic carbocycles. The van der Waals surface area contributed by atoms with Crippen LogP contribution in [-0.4, -0.2) is 30.7 Å². The monoisotopic (exact) mass is 454 g/mol. The second-order valence-corrected chi connectivity index (χ2v) is 7.17. The first-order valence-electron chi connectivity index (χ1n) is 7.47. The van der Waals surface area contributed by atoms with Gasteiger partial charge in [0.15, 0.2) is 0 Å². The lowest BCUT2D eigenvalue weighted by Crippen LogP contribution is -2.21. The smallest absolute Gasteiger partial charge is 0.357 e. The second kappa shape index (κ2) is 9.49. The molecule has 0 atom stereocenters. The molecule has 0 radical (unpaired) electrons. The molecule has 0 spiro atoms. The van der Waals surface area contributed by atoms with E-state index in [0.717, 1.165) is 0 Å². The van der Waals surface area contributed by atoms with Crippen molar-refractivity contribution in [1.82, 2.24) is 0 Å². The second-order valence-electron chi connectivity index (χ2n) is 5.14. The van der Waals surface area contributed by atoms with E-state index in [1.54, 1.807) is 18.2 Å². The number of amides is 2. The lowest BCUT2D eigenvalue weighted by atomic mass is 10.2. The summed E-state index contributed by atoms with van der Waals surface area (Å²) in [5.41, 5.74) is 0.434. The molecule has 2 aromatic carbocycles. The van der Waals surface area contributed by atoms with Crippen molar-refractivity contribution in [2.45, 2.75) is 16.6 Å². The summed E-state index contributed by atoms with van der Waals surface area (Å²) in [6, 6.07) is 8.73. The van der Waals surface area contributed by atoms with Gasteiger partial charge in [-0.2, -0.15) is 13.8 Å². The highest BCUT2D eigenvalue weighted by Gasteiger charge is 2.41. The number of carbonyl (C=O) groups excluding carboxylic acids is 1. The van der Waals surface area contributed by atoms with Crippen molar-refractivity contribution in [3.8, 4) is 0 Å². The number of methoxy groups -OCH3 is 1. The van der Waals surface area contributed by atoms with E-state index in [0.29, 0.717) is 0 Å². The number of nitrogens with one attached hydrogen (secondary N) is 1. The molecule has 0 fully saturated rings. The topological polar surface area (TPSA) is 50.7 Å². The Kier molecular flexibility index (Phi) is 7.56. The summed E-state index contributed by atoms with van der Waals surface area (Å²) in [6.07, 6.45) is -3.80. The fraction of sp³-hybridized carbons (Fsp3) is 0.176. The Labute approximate surface area is 171 Å². The van der Waals surface area contributed by atoms with Gasteiger partial charge in [0, 0.05) is 10.6 Å². The van der Waals surface area contributed by atoms with Crippen molar-refractivity contribution in [2.75, 3.05) is 12.4 Å². The third-order valence-corrected chi connectivity index (χ3v) is 4.77. The molecule has 0 aliphatic rings. The third kappa shape index (κ3) is 5.76. The van der Waals surface area contributed by atoms with Crippen LogP contribution >= 0.6 is 35.0 Å². The maximum absolute atomic E-state index is 13.0. The van der Waals surface area contributed by atoms with Gasteiger partial charge in [0.05, 0.1) is 22.7 Å². The summed E-state index contributed by atoms with van der Waals surface area (Å²) in [4.78, 5) is 15.7. The van der Waals surface area contributed by atoms with Crippen molar-refractivity contribution in [3.63, 3.8) is 0 Å². The van der Waals surface area contributed by atoms with E-state index < -0.39 is 17.7 Å². The van der Waals surface area contributed by atoms with Gasteiger partial charge < -0.3 is 10.1 Å². The number of aliphatic imine (C=N–C) groups is 1. The minimum Gasteiger partial charge on any atom is -0.480 e. The fourth-order valence-corrected chi connectivity index (χ4v) is 3.19. The molecule has 0 bridgehead atoms. The van der Waals surface area contributed by atoms with Gasteiger partial charge in [-0.1, -0.05) is 29.3 Å². The first-order valence-corrected chi connectivity index (χ1v) is 9.04. The predicted molar refractivity (Wildman–Crippen MR) is 102 cm³/mol. The quantitative estimate of drug-likeness (QED) is 0.240. The van der Waals surface area contributed by atoms with Crippen LogP contribution in [0.15, 0.2) is 52.4 Å². The molecule has 0 saturated heterocycles. The lowest BCUT2D eigenvalue weighted by molar-refractivity contribution is -0.0563. The average Bonchev–Trinajstić information content (AvgIpc) is 2.62. The zero-order chi connectivity index (χ0) is 20.9. The van der Waals surface area contributed by atoms with Crippen LogP contribution < -0.4 is 5.32 Å². The first kappa shape index (κ1) is 22.3. The molecule has 11 heteroatoms. The molecule has 0 aliphatic heterocycles. The molecule has 0 heterocycles. The van der Waals surface area contributed by atoms with Gasteiger partial charge in [0.1, 0.15) is 0 Å². The highest BCUT2D eigenvalue weighted by Crippen LogP contribution is 2.40. The summed E-state index contributed by atoms with van der Waals surface area (Å²) in [5, 5.41) is -1.37. The Morgan fingerprint density at radius 1 is 1.14 bits per heavy atom. The van der Waals surface area contributed by atoms with Crippen molar-refractivity contribution in [3.05, 3.63) is 58.1 Å². The van der Waals surface area contributed by atoms with Gasteiger partial charge in [0.2, 0.25) is 5.90 Å². The Balaban J connectivity index is 2.13. The summed E-state index contributed by atoms with van der Waals surface area (Å²) in [5.74, 6) is -0.128. The number of urea groups is 1. The SMILES string of the molecule is CO/C(=N\C(=O)Nc1ccc(SC(F)(F)C(F)F)cc1)c1c(Cl)cccc1Cl. The summed E-state index contributed by atoms with van der Waals surface area (Å²) < 4.78 is 55.6. The maximum atomic E-state index is 13.0. The standard InChI is InChI=1S/C17H12Cl2F4N2O2S/c1-27-14(13-11(18)3-2-4-12(13)19)25-16(26)24-9-5-7-10(8-6-9)28-17(22,23)15(20)21/h2-8,15H,1H3,(H,24,26)/b25-14-. The highest BCUT2D eigenvalue weighted by molar-refractivity contribution is 8.00. The molecule has 28 heavy (non-hydrogen) atoms. The van der Waals surface area contributed by atoms with Gasteiger partial charge in [-0.15, -0.1) is 0 Å². The van der Waals surface area contributed by atoms with Crippen LogP contribution in [0.25, 0.3) is 0 Å². The molecule has 0 unspecified atom stereocenters. The van der Waals surface area contributed by atoms with Crippen LogP contribution in [0.1, 0.15) is 5.56 Å². The van der Waals surface area contributed by atoms with Crippen LogP contribution in [0.2, 0.25) is 10.0 Å². The number of thioether (sulfide) groups is 1. The Morgan fingerprint density at radius 2 is 1.71 bits per heavy atom. The number of nitrogens with zero attached hydrogens (tertiary/aromatic N) is 1. The Hall–Kier alpha value is -1.97. The van der Waals surface area contributed by atoms with Crippen molar-refractivity contribution < 1.29 is 27.1 Å². The number of halogens is 6. The first-order chi connectivity index (χ1) is 13.1. The fourth-order valence-electron chi connectivity index (χ4n) is 1.96. The number of ether oxygens (including phenoxy) is 1. The Bertz CT molecular complexity index is 860. The van der Waals surface area contributed by atoms with E-state index in [-0.39, 0.29) is 43.9 Å². The molecule has 2 amide bonds. The van der Waals surface area contributed by atoms with E-state index >= 15 is 0 Å². The minimum atomic E-state index is -4.21. The number of benzene rings is 2. The summed E-state index contributed by atoms with van der Waals surface area (Å²) >= 11 is 11.8. The van der Waals surface area contributed by atoms with Crippen molar-refractivity contribution in [1.29, 1.82) is 0 Å². The number of alkyl halides is 4. The third-order valence-electron chi connectivity index (χ3n) is 3.19. The number of anilines is 1. The van der Waals surface area contributed by atoms with Crippen LogP contribution in [-0.2, 0) is 4.74 Å². The normalized spacial score (nSPS) is 12.2. The van der Waals surface area contributed by atoms with Crippen molar-refractivity contribution >= 4 is 52.6 Å². The van der Waals surface area contributed by atoms with Gasteiger partial charge in [0.25, 0.3) is 0 Å². The Morgan fingerprint density at radius 3 is 2.21 bits per heavy atom. The molecule has 1 N–H and O–H groups in total. The van der Waals surface area contributed by atoms with Crippen LogP contribution in [0.3, 0.4) is 0 Å². The molecular weight excluding hydrogens is 443 g/mol. The van der Waals surface area contributed by atoms with Crippen LogP contribution in [0.5, 0.6) is 0 Å². The largest absolute Gasteiger partial charge is 0.480 e. The van der Waals surface area contributed by atoms with Gasteiger partial charge >= 0.3 is 17.7 Å². The zero-order valence-electron chi connectivity index (χ0n) is 14.1. The minimum absolute atomic E-state index is 0.0905. The molecule has 0 saturated carbocycles. The van der Waals surface area contributed by atoms with E-state index in [9.17, 15) is 22.4 Å². The summed E-state index contributed by atoms with van der Waals surface area (Å²) in [6.45, 7) is 0. The zero-order valence-corrected chi connectivity index (χ0v) is 16.4. The van der Waals surface area contributed by atoms with Crippen LogP contribution in [0, 0.1) is 0 Å². The molecule has 0 aromatic heterocycles. The lowest BCUT2D eigenvalue weighted by Gasteiger charge is -2.14.